The molecule has 0 bridgehead atoms. The summed E-state index contributed by atoms with van der Waals surface area (Å²) in [5.74, 6) is 0.223. The van der Waals surface area contributed by atoms with Gasteiger partial charge in [0.2, 0.25) is 5.95 Å². The van der Waals surface area contributed by atoms with Crippen LogP contribution in [0.1, 0.15) is 114 Å². The zero-order valence-corrected chi connectivity index (χ0v) is 24.9. The predicted octanol–water partition coefficient (Wildman–Crippen LogP) is 5.89. The van der Waals surface area contributed by atoms with Gasteiger partial charge < -0.3 is 19.5 Å². The van der Waals surface area contributed by atoms with Gasteiger partial charge in [0.15, 0.2) is 23.3 Å². The van der Waals surface area contributed by atoms with Gasteiger partial charge in [0.25, 0.3) is 0 Å². The average Bonchev–Trinajstić information content (AvgIpc) is 3.31. The van der Waals surface area contributed by atoms with Crippen LogP contribution >= 0.6 is 0 Å². The summed E-state index contributed by atoms with van der Waals surface area (Å²) in [4.78, 5) is 29.0. The van der Waals surface area contributed by atoms with Gasteiger partial charge in [-0.25, -0.2) is 19.7 Å². The maximum atomic E-state index is 11.6. The fraction of sp³-hybridized carbons (Fsp3) is 0.613. The van der Waals surface area contributed by atoms with Gasteiger partial charge in [-0.15, -0.1) is 0 Å². The third kappa shape index (κ3) is 5.59. The van der Waals surface area contributed by atoms with Crippen LogP contribution in [0, 0.1) is 5.41 Å². The predicted molar refractivity (Wildman–Crippen MR) is 155 cm³/mol. The first-order valence-electron chi connectivity index (χ1n) is 14.4. The lowest BCUT2D eigenvalue weighted by molar-refractivity contribution is -0.0756. The van der Waals surface area contributed by atoms with E-state index in [0.717, 1.165) is 35.2 Å². The van der Waals surface area contributed by atoms with E-state index >= 15 is 0 Å². The number of aromatic nitrogens is 3. The number of pyridine rings is 1. The van der Waals surface area contributed by atoms with Crippen LogP contribution in [-0.2, 0) is 5.41 Å². The standard InChI is InChI=1S/C31H43N5O4/c1-29(2,3)20-16-22(19-8-11-30(4,5)12-9-19)33-23-17-24(40-25(20)23)26(37)36-15-14-35(18-31(36,6)7)28-32-13-10-21(34-28)27(38)39/h10,13,16-17,19,26,37H,8-9,11-12,14-15,18H2,1-7H3,(H,38,39). The number of carboxylic acid groups (broad SMARTS) is 1. The van der Waals surface area contributed by atoms with E-state index in [1.54, 1.807) is 0 Å². The fourth-order valence-electron chi connectivity index (χ4n) is 6.21. The molecule has 1 aliphatic carbocycles. The molecule has 2 aliphatic rings. The Morgan fingerprint density at radius 3 is 2.42 bits per heavy atom. The number of piperazine rings is 1. The number of aliphatic hydroxyl groups is 1. The molecular weight excluding hydrogens is 506 g/mol. The second-order valence-electron chi connectivity index (χ2n) is 14.0. The van der Waals surface area contributed by atoms with Crippen LogP contribution in [0.25, 0.3) is 11.1 Å². The van der Waals surface area contributed by atoms with Crippen LogP contribution in [0.4, 0.5) is 5.95 Å². The van der Waals surface area contributed by atoms with E-state index in [2.05, 4.69) is 50.7 Å². The molecule has 5 rings (SSSR count). The lowest BCUT2D eigenvalue weighted by Gasteiger charge is -2.48. The van der Waals surface area contributed by atoms with Gasteiger partial charge in [-0.1, -0.05) is 34.6 Å². The van der Waals surface area contributed by atoms with Crippen molar-refractivity contribution >= 4 is 23.0 Å². The van der Waals surface area contributed by atoms with Gasteiger partial charge in [-0.05, 0) is 62.5 Å². The summed E-state index contributed by atoms with van der Waals surface area (Å²) in [7, 11) is 0. The van der Waals surface area contributed by atoms with Crippen molar-refractivity contribution in [2.75, 3.05) is 24.5 Å². The zero-order chi connectivity index (χ0) is 29.0. The molecule has 1 atom stereocenters. The van der Waals surface area contributed by atoms with Gasteiger partial charge in [-0.3, -0.25) is 4.90 Å². The highest BCUT2D eigenvalue weighted by molar-refractivity contribution is 5.85. The van der Waals surface area contributed by atoms with E-state index < -0.39 is 17.7 Å². The zero-order valence-electron chi connectivity index (χ0n) is 24.9. The molecule has 0 aromatic carbocycles. The van der Waals surface area contributed by atoms with Crippen molar-refractivity contribution in [3.8, 4) is 0 Å². The number of aromatic carboxylic acids is 1. The van der Waals surface area contributed by atoms with Crippen LogP contribution in [-0.4, -0.2) is 61.2 Å². The number of rotatable bonds is 5. The lowest BCUT2D eigenvalue weighted by Crippen LogP contribution is -2.60. The normalized spacial score (nSPS) is 21.1. The molecule has 0 amide bonds. The first-order valence-corrected chi connectivity index (χ1v) is 14.4. The molecule has 1 unspecified atom stereocenters. The molecule has 1 aliphatic heterocycles. The molecule has 1 saturated heterocycles. The molecule has 2 fully saturated rings. The Bertz CT molecular complexity index is 1400. The molecule has 3 aromatic heterocycles. The highest BCUT2D eigenvalue weighted by Crippen LogP contribution is 2.44. The number of anilines is 1. The Labute approximate surface area is 236 Å². The van der Waals surface area contributed by atoms with Crippen molar-refractivity contribution in [1.29, 1.82) is 0 Å². The second-order valence-corrected chi connectivity index (χ2v) is 14.0. The summed E-state index contributed by atoms with van der Waals surface area (Å²) in [5.41, 5.74) is 3.54. The van der Waals surface area contributed by atoms with Crippen molar-refractivity contribution < 1.29 is 19.4 Å². The third-order valence-electron chi connectivity index (χ3n) is 8.74. The number of fused-ring (bicyclic) bond motifs is 1. The molecule has 2 N–H and O–H groups in total. The molecule has 216 valence electrons. The van der Waals surface area contributed by atoms with Gasteiger partial charge >= 0.3 is 5.97 Å². The SMILES string of the molecule is CC1(C)CCC(c2cc(C(C)(C)C)c3oc(C(O)N4CCN(c5nccc(C(=O)O)n5)CC4(C)C)cc3n2)CC1. The number of furan rings is 1. The summed E-state index contributed by atoms with van der Waals surface area (Å²) in [6.45, 7) is 17.0. The minimum atomic E-state index is -1.08. The number of hydrogen-bond donors (Lipinski definition) is 2. The largest absolute Gasteiger partial charge is 0.477 e. The second kappa shape index (κ2) is 10.1. The molecule has 0 spiro atoms. The number of carboxylic acids is 1. The summed E-state index contributed by atoms with van der Waals surface area (Å²) in [5, 5.41) is 20.9. The molecule has 9 heteroatoms. The first kappa shape index (κ1) is 28.5. The summed E-state index contributed by atoms with van der Waals surface area (Å²) in [6, 6.07) is 5.53. The van der Waals surface area contributed by atoms with Gasteiger partial charge in [-0.2, -0.15) is 0 Å². The smallest absolute Gasteiger partial charge is 0.354 e. The number of nitrogens with zero attached hydrogens (tertiary/aromatic N) is 5. The van der Waals surface area contributed by atoms with Crippen LogP contribution in [0.2, 0.25) is 0 Å². The molecule has 1 saturated carbocycles. The minimum absolute atomic E-state index is 0.0361. The lowest BCUT2D eigenvalue weighted by atomic mass is 9.72. The van der Waals surface area contributed by atoms with E-state index in [0.29, 0.717) is 42.7 Å². The summed E-state index contributed by atoms with van der Waals surface area (Å²) in [6.07, 6.45) is 5.19. The fourth-order valence-corrected chi connectivity index (χ4v) is 6.21. The number of carbonyl (C=O) groups is 1. The van der Waals surface area contributed by atoms with Gasteiger partial charge in [0.1, 0.15) is 5.52 Å². The van der Waals surface area contributed by atoms with Crippen LogP contribution in [0.15, 0.2) is 28.8 Å². The Kier molecular flexibility index (Phi) is 7.19. The maximum Gasteiger partial charge on any atom is 0.354 e. The average molecular weight is 550 g/mol. The summed E-state index contributed by atoms with van der Waals surface area (Å²) >= 11 is 0. The van der Waals surface area contributed by atoms with Gasteiger partial charge in [0, 0.05) is 54.6 Å². The van der Waals surface area contributed by atoms with Crippen molar-refractivity contribution in [2.45, 2.75) is 97.2 Å². The summed E-state index contributed by atoms with van der Waals surface area (Å²) < 4.78 is 6.41. The monoisotopic (exact) mass is 549 g/mol. The van der Waals surface area contributed by atoms with E-state index in [-0.39, 0.29) is 11.1 Å². The molecule has 9 nitrogen and oxygen atoms in total. The molecule has 3 aromatic rings. The highest BCUT2D eigenvalue weighted by atomic mass is 16.4. The van der Waals surface area contributed by atoms with E-state index in [9.17, 15) is 15.0 Å². The van der Waals surface area contributed by atoms with Crippen molar-refractivity contribution in [2.24, 2.45) is 5.41 Å². The topological polar surface area (TPSA) is 116 Å². The molecule has 40 heavy (non-hydrogen) atoms. The van der Waals surface area contributed by atoms with Crippen molar-refractivity contribution in [3.63, 3.8) is 0 Å². The van der Waals surface area contributed by atoms with Crippen LogP contribution < -0.4 is 4.90 Å². The molecule has 0 radical (unpaired) electrons. The van der Waals surface area contributed by atoms with Crippen molar-refractivity contribution in [3.05, 3.63) is 47.1 Å². The van der Waals surface area contributed by atoms with E-state index in [4.69, 9.17) is 9.40 Å². The molecular formula is C31H43N5O4. The van der Waals surface area contributed by atoms with Crippen LogP contribution in [0.5, 0.6) is 0 Å². The van der Waals surface area contributed by atoms with E-state index in [1.165, 1.54) is 25.1 Å². The van der Waals surface area contributed by atoms with E-state index in [1.807, 2.05) is 29.7 Å². The molecule has 4 heterocycles. The first-order chi connectivity index (χ1) is 18.6. The minimum Gasteiger partial charge on any atom is -0.477 e. The number of aliphatic hydroxyl groups excluding tert-OH is 1. The quantitative estimate of drug-likeness (QED) is 0.402. The Hall–Kier alpha value is -3.04. The Morgan fingerprint density at radius 2 is 1.80 bits per heavy atom. The van der Waals surface area contributed by atoms with Crippen LogP contribution in [0.3, 0.4) is 0 Å². The van der Waals surface area contributed by atoms with Gasteiger partial charge in [0.05, 0.1) is 0 Å². The number of hydrogen-bond acceptors (Lipinski definition) is 8. The third-order valence-corrected chi connectivity index (χ3v) is 8.74. The Balaban J connectivity index is 1.42. The van der Waals surface area contributed by atoms with Crippen molar-refractivity contribution in [1.82, 2.24) is 19.9 Å². The maximum absolute atomic E-state index is 11.6. The highest BCUT2D eigenvalue weighted by Gasteiger charge is 2.40. The Morgan fingerprint density at radius 1 is 1.10 bits per heavy atom.